The van der Waals surface area contributed by atoms with Gasteiger partial charge in [-0.25, -0.2) is 4.98 Å². The van der Waals surface area contributed by atoms with Crippen LogP contribution in [0.3, 0.4) is 0 Å². The van der Waals surface area contributed by atoms with Crippen molar-refractivity contribution in [1.82, 2.24) is 10.3 Å². The average Bonchev–Trinajstić information content (AvgIpc) is 2.50. The predicted octanol–water partition coefficient (Wildman–Crippen LogP) is 1.29. The number of thiazole rings is 1. The second-order valence-corrected chi connectivity index (χ2v) is 3.55. The topological polar surface area (TPSA) is 45.2 Å². The molecule has 1 aromatic rings. The molecule has 0 unspecified atom stereocenters. The van der Waals surface area contributed by atoms with Gasteiger partial charge in [0.2, 0.25) is 0 Å². The zero-order chi connectivity index (χ0) is 10.6. The fourth-order valence-corrected chi connectivity index (χ4v) is 1.49. The van der Waals surface area contributed by atoms with E-state index in [0.29, 0.717) is 10.7 Å². The third-order valence-corrected chi connectivity index (χ3v) is 2.25. The molecule has 0 aliphatic heterocycles. The molecule has 0 saturated heterocycles. The minimum atomic E-state index is -4.20. The zero-order valence-corrected chi connectivity index (χ0v) is 7.95. The van der Waals surface area contributed by atoms with Crippen molar-refractivity contribution in [2.45, 2.75) is 19.3 Å². The second-order valence-electron chi connectivity index (χ2n) is 2.61. The van der Waals surface area contributed by atoms with Crippen LogP contribution in [0.1, 0.15) is 10.7 Å². The minimum absolute atomic E-state index is 0.0655. The van der Waals surface area contributed by atoms with E-state index in [1.165, 1.54) is 11.3 Å². The molecule has 0 aliphatic carbocycles. The van der Waals surface area contributed by atoms with E-state index in [4.69, 9.17) is 5.11 Å². The van der Waals surface area contributed by atoms with Crippen LogP contribution >= 0.6 is 11.3 Å². The molecule has 1 aromatic heterocycles. The number of aliphatic hydroxyl groups excluding tert-OH is 1. The summed E-state index contributed by atoms with van der Waals surface area (Å²) < 4.78 is 35.1. The molecule has 0 atom stereocenters. The lowest BCUT2D eigenvalue weighted by Crippen LogP contribution is -2.28. The van der Waals surface area contributed by atoms with Crippen LogP contribution in [-0.4, -0.2) is 22.8 Å². The fraction of sp³-hybridized carbons (Fsp3) is 0.571. The molecule has 80 valence electrons. The van der Waals surface area contributed by atoms with E-state index in [1.54, 1.807) is 5.38 Å². The van der Waals surface area contributed by atoms with Gasteiger partial charge in [0.25, 0.3) is 0 Å². The molecule has 0 fully saturated rings. The molecule has 1 heterocycles. The first kappa shape index (κ1) is 11.4. The average molecular weight is 226 g/mol. The van der Waals surface area contributed by atoms with Gasteiger partial charge in [0.1, 0.15) is 5.01 Å². The number of aromatic nitrogens is 1. The quantitative estimate of drug-likeness (QED) is 0.813. The van der Waals surface area contributed by atoms with Gasteiger partial charge in [0.05, 0.1) is 18.8 Å². The Morgan fingerprint density at radius 1 is 1.50 bits per heavy atom. The van der Waals surface area contributed by atoms with Gasteiger partial charge in [0.15, 0.2) is 0 Å². The van der Waals surface area contributed by atoms with E-state index in [9.17, 15) is 13.2 Å². The fourth-order valence-electron chi connectivity index (χ4n) is 0.835. The number of nitrogens with one attached hydrogen (secondary N) is 1. The minimum Gasteiger partial charge on any atom is -0.389 e. The smallest absolute Gasteiger partial charge is 0.389 e. The van der Waals surface area contributed by atoms with Crippen molar-refractivity contribution in [3.63, 3.8) is 0 Å². The number of alkyl halides is 3. The molecule has 0 spiro atoms. The number of rotatable bonds is 4. The molecule has 1 rings (SSSR count). The van der Waals surface area contributed by atoms with Crippen molar-refractivity contribution in [2.24, 2.45) is 0 Å². The van der Waals surface area contributed by atoms with Crippen molar-refractivity contribution in [1.29, 1.82) is 0 Å². The molecular weight excluding hydrogens is 217 g/mol. The summed E-state index contributed by atoms with van der Waals surface area (Å²) in [5, 5.41) is 13.0. The molecule has 0 aromatic carbocycles. The molecule has 0 aliphatic rings. The Hall–Kier alpha value is -0.660. The van der Waals surface area contributed by atoms with Crippen molar-refractivity contribution >= 4 is 11.3 Å². The molecule has 0 bridgehead atoms. The van der Waals surface area contributed by atoms with Crippen LogP contribution in [0.5, 0.6) is 0 Å². The Bertz CT molecular complexity index is 287. The summed E-state index contributed by atoms with van der Waals surface area (Å²) in [5.41, 5.74) is 0.517. The van der Waals surface area contributed by atoms with Crippen LogP contribution in [0.25, 0.3) is 0 Å². The standard InChI is InChI=1S/C7H9F3N2OS/c8-7(9,10)4-11-1-5-3-14-6(2-13)12-5/h3,11,13H,1-2,4H2. The molecule has 2 N–H and O–H groups in total. The number of aliphatic hydroxyl groups is 1. The van der Waals surface area contributed by atoms with Gasteiger partial charge in [-0.15, -0.1) is 11.3 Å². The SMILES string of the molecule is OCc1nc(CNCC(F)(F)F)cs1. The van der Waals surface area contributed by atoms with E-state index >= 15 is 0 Å². The van der Waals surface area contributed by atoms with Gasteiger partial charge in [-0.05, 0) is 0 Å². The maximum atomic E-state index is 11.7. The van der Waals surface area contributed by atoms with Gasteiger partial charge in [0, 0.05) is 11.9 Å². The lowest BCUT2D eigenvalue weighted by Gasteiger charge is -2.06. The van der Waals surface area contributed by atoms with Crippen LogP contribution < -0.4 is 5.32 Å². The number of hydrogen-bond acceptors (Lipinski definition) is 4. The third kappa shape index (κ3) is 4.03. The number of hydrogen-bond donors (Lipinski definition) is 2. The first-order valence-electron chi connectivity index (χ1n) is 3.83. The predicted molar refractivity (Wildman–Crippen MR) is 45.8 cm³/mol. The van der Waals surface area contributed by atoms with E-state index < -0.39 is 12.7 Å². The third-order valence-electron chi connectivity index (χ3n) is 1.37. The Morgan fingerprint density at radius 2 is 2.21 bits per heavy atom. The van der Waals surface area contributed by atoms with Gasteiger partial charge in [-0.1, -0.05) is 0 Å². The summed E-state index contributed by atoms with van der Waals surface area (Å²) >= 11 is 1.23. The van der Waals surface area contributed by atoms with E-state index in [1.807, 2.05) is 0 Å². The Kier molecular flexibility index (Phi) is 3.85. The normalized spacial score (nSPS) is 12.0. The van der Waals surface area contributed by atoms with Crippen LogP contribution in [0.2, 0.25) is 0 Å². The highest BCUT2D eigenvalue weighted by Gasteiger charge is 2.26. The molecule has 14 heavy (non-hydrogen) atoms. The van der Waals surface area contributed by atoms with E-state index in [2.05, 4.69) is 10.3 Å². The van der Waals surface area contributed by atoms with Crippen molar-refractivity contribution in [2.75, 3.05) is 6.54 Å². The van der Waals surface area contributed by atoms with Gasteiger partial charge in [-0.2, -0.15) is 13.2 Å². The Labute approximate surface area is 82.6 Å². The lowest BCUT2D eigenvalue weighted by atomic mass is 10.4. The van der Waals surface area contributed by atoms with E-state index in [0.717, 1.165) is 0 Å². The summed E-state index contributed by atoms with van der Waals surface area (Å²) in [6.07, 6.45) is -4.20. The van der Waals surface area contributed by atoms with E-state index in [-0.39, 0.29) is 13.2 Å². The summed E-state index contributed by atoms with van der Waals surface area (Å²) in [4.78, 5) is 3.89. The molecule has 3 nitrogen and oxygen atoms in total. The first-order valence-corrected chi connectivity index (χ1v) is 4.71. The second kappa shape index (κ2) is 4.72. The number of halogens is 3. The highest BCUT2D eigenvalue weighted by molar-refractivity contribution is 7.09. The van der Waals surface area contributed by atoms with Gasteiger partial charge < -0.3 is 10.4 Å². The first-order chi connectivity index (χ1) is 6.51. The number of nitrogens with zero attached hydrogens (tertiary/aromatic N) is 1. The van der Waals surface area contributed by atoms with Crippen LogP contribution in [-0.2, 0) is 13.2 Å². The van der Waals surface area contributed by atoms with Crippen molar-refractivity contribution in [3.05, 3.63) is 16.1 Å². The monoisotopic (exact) mass is 226 g/mol. The molecule has 0 radical (unpaired) electrons. The van der Waals surface area contributed by atoms with Crippen molar-refractivity contribution in [3.8, 4) is 0 Å². The van der Waals surface area contributed by atoms with Crippen LogP contribution in [0.4, 0.5) is 13.2 Å². The molecule has 0 amide bonds. The summed E-state index contributed by atoms with van der Waals surface area (Å²) in [7, 11) is 0. The highest BCUT2D eigenvalue weighted by Crippen LogP contribution is 2.13. The zero-order valence-electron chi connectivity index (χ0n) is 7.14. The summed E-state index contributed by atoms with van der Waals surface area (Å²) in [5.74, 6) is 0. The molecular formula is C7H9F3N2OS. The summed E-state index contributed by atoms with van der Waals surface area (Å²) in [6.45, 7) is -1.14. The maximum absolute atomic E-state index is 11.7. The Balaban J connectivity index is 2.31. The Morgan fingerprint density at radius 3 is 2.71 bits per heavy atom. The molecule has 0 saturated carbocycles. The largest absolute Gasteiger partial charge is 0.401 e. The van der Waals surface area contributed by atoms with Gasteiger partial charge in [-0.3, -0.25) is 0 Å². The van der Waals surface area contributed by atoms with Gasteiger partial charge >= 0.3 is 6.18 Å². The lowest BCUT2D eigenvalue weighted by molar-refractivity contribution is -0.125. The van der Waals surface area contributed by atoms with Crippen LogP contribution in [0.15, 0.2) is 5.38 Å². The van der Waals surface area contributed by atoms with Crippen LogP contribution in [0, 0.1) is 0 Å². The summed E-state index contributed by atoms with van der Waals surface area (Å²) in [6, 6.07) is 0. The highest BCUT2D eigenvalue weighted by atomic mass is 32.1. The van der Waals surface area contributed by atoms with Crippen molar-refractivity contribution < 1.29 is 18.3 Å². The maximum Gasteiger partial charge on any atom is 0.401 e. The molecule has 7 heteroatoms.